The van der Waals surface area contributed by atoms with Crippen molar-refractivity contribution >= 4 is 22.6 Å². The second-order valence-electron chi connectivity index (χ2n) is 4.33. The molecule has 1 aliphatic rings. The smallest absolute Gasteiger partial charge is 0.205 e. The molecule has 0 amide bonds. The number of nitrogen functional groups attached to an aromatic ring is 1. The van der Waals surface area contributed by atoms with Crippen LogP contribution in [0.3, 0.4) is 0 Å². The van der Waals surface area contributed by atoms with Crippen LogP contribution in [0.5, 0.6) is 0 Å². The van der Waals surface area contributed by atoms with E-state index in [0.29, 0.717) is 17.4 Å². The van der Waals surface area contributed by atoms with E-state index in [-0.39, 0.29) is 0 Å². The highest BCUT2D eigenvalue weighted by atomic mass is 15.3. The summed E-state index contributed by atoms with van der Waals surface area (Å²) in [5.74, 6) is 1.86. The summed E-state index contributed by atoms with van der Waals surface area (Å²) in [6, 6.07) is 3.75. The Labute approximate surface area is 96.5 Å². The van der Waals surface area contributed by atoms with Gasteiger partial charge in [-0.3, -0.25) is 4.40 Å². The lowest BCUT2D eigenvalue weighted by Crippen LogP contribution is -2.02. The Bertz CT molecular complexity index is 727. The maximum atomic E-state index is 5.89. The third kappa shape index (κ3) is 1.15. The first kappa shape index (κ1) is 8.86. The van der Waals surface area contributed by atoms with Crippen LogP contribution in [0.25, 0.3) is 16.8 Å². The van der Waals surface area contributed by atoms with Crippen molar-refractivity contribution in [3.63, 3.8) is 0 Å². The van der Waals surface area contributed by atoms with Gasteiger partial charge in [-0.1, -0.05) is 0 Å². The Morgan fingerprint density at radius 2 is 2.12 bits per heavy atom. The van der Waals surface area contributed by atoms with E-state index < -0.39 is 0 Å². The molecule has 6 heteroatoms. The van der Waals surface area contributed by atoms with Crippen LogP contribution in [0.4, 0.5) is 5.82 Å². The molecular weight excluding hydrogens is 216 g/mol. The van der Waals surface area contributed by atoms with Crippen LogP contribution < -0.4 is 5.73 Å². The van der Waals surface area contributed by atoms with Crippen LogP contribution >= 0.6 is 0 Å². The molecule has 1 aliphatic carbocycles. The van der Waals surface area contributed by atoms with E-state index in [9.17, 15) is 0 Å². The molecule has 17 heavy (non-hydrogen) atoms. The second-order valence-corrected chi connectivity index (χ2v) is 4.33. The first-order valence-corrected chi connectivity index (χ1v) is 5.60. The number of rotatable bonds is 1. The van der Waals surface area contributed by atoms with Gasteiger partial charge in [0.1, 0.15) is 11.3 Å². The topological polar surface area (TPSA) is 82.0 Å². The number of nitrogens with two attached hydrogens (primary N) is 1. The van der Waals surface area contributed by atoms with Gasteiger partial charge in [-0.05, 0) is 25.0 Å². The third-order valence-electron chi connectivity index (χ3n) is 3.08. The Kier molecular flexibility index (Phi) is 1.52. The summed E-state index contributed by atoms with van der Waals surface area (Å²) in [7, 11) is 0. The zero-order valence-corrected chi connectivity index (χ0v) is 9.04. The maximum Gasteiger partial charge on any atom is 0.205 e. The van der Waals surface area contributed by atoms with E-state index in [1.165, 1.54) is 0 Å². The molecule has 0 radical (unpaired) electrons. The molecule has 84 valence electrons. The molecule has 4 rings (SSSR count). The van der Waals surface area contributed by atoms with E-state index >= 15 is 0 Å². The molecule has 0 spiro atoms. The van der Waals surface area contributed by atoms with E-state index in [1.807, 2.05) is 16.5 Å². The predicted molar refractivity (Wildman–Crippen MR) is 62.5 cm³/mol. The molecule has 0 bridgehead atoms. The lowest BCUT2D eigenvalue weighted by molar-refractivity contribution is 0.904. The van der Waals surface area contributed by atoms with Crippen molar-refractivity contribution < 1.29 is 0 Å². The van der Waals surface area contributed by atoms with Gasteiger partial charge in [0.05, 0.1) is 0 Å². The van der Waals surface area contributed by atoms with Crippen LogP contribution in [0.2, 0.25) is 0 Å². The van der Waals surface area contributed by atoms with Crippen LogP contribution in [-0.4, -0.2) is 24.6 Å². The van der Waals surface area contributed by atoms with Crippen LogP contribution in [0.1, 0.15) is 24.6 Å². The molecule has 1 fully saturated rings. The summed E-state index contributed by atoms with van der Waals surface area (Å²) in [4.78, 5) is 8.65. The van der Waals surface area contributed by atoms with Crippen molar-refractivity contribution in [1.82, 2.24) is 24.6 Å². The number of hydrogen-bond donors (Lipinski definition) is 1. The van der Waals surface area contributed by atoms with E-state index in [2.05, 4.69) is 20.2 Å². The molecule has 3 aromatic rings. The molecule has 6 nitrogen and oxygen atoms in total. The van der Waals surface area contributed by atoms with Gasteiger partial charge in [0.25, 0.3) is 0 Å². The highest BCUT2D eigenvalue weighted by Gasteiger charge is 2.30. The fourth-order valence-electron chi connectivity index (χ4n) is 2.10. The SMILES string of the molecule is Nc1nc2cccnc2n2c(C3CC3)nnc12. The Balaban J connectivity index is 2.23. The molecular formula is C11H10N6. The molecule has 0 atom stereocenters. The normalized spacial score (nSPS) is 15.8. The summed E-state index contributed by atoms with van der Waals surface area (Å²) in [6.45, 7) is 0. The van der Waals surface area contributed by atoms with Crippen molar-refractivity contribution in [3.05, 3.63) is 24.2 Å². The van der Waals surface area contributed by atoms with Gasteiger partial charge in [-0.25, -0.2) is 9.97 Å². The lowest BCUT2D eigenvalue weighted by Gasteiger charge is -2.03. The Morgan fingerprint density at radius 3 is 2.94 bits per heavy atom. The van der Waals surface area contributed by atoms with Gasteiger partial charge in [-0.2, -0.15) is 0 Å². The molecule has 1 saturated carbocycles. The van der Waals surface area contributed by atoms with Gasteiger partial charge < -0.3 is 5.73 Å². The number of pyridine rings is 1. The van der Waals surface area contributed by atoms with Gasteiger partial charge >= 0.3 is 0 Å². The van der Waals surface area contributed by atoms with Crippen LogP contribution in [0.15, 0.2) is 18.3 Å². The zero-order valence-electron chi connectivity index (χ0n) is 9.04. The van der Waals surface area contributed by atoms with E-state index in [0.717, 1.165) is 29.8 Å². The summed E-state index contributed by atoms with van der Waals surface area (Å²) < 4.78 is 1.94. The van der Waals surface area contributed by atoms with Crippen molar-refractivity contribution in [3.8, 4) is 0 Å². The first-order valence-electron chi connectivity index (χ1n) is 5.60. The summed E-state index contributed by atoms with van der Waals surface area (Å²) >= 11 is 0. The van der Waals surface area contributed by atoms with Gasteiger partial charge in [0, 0.05) is 12.1 Å². The molecule has 3 aromatic heterocycles. The van der Waals surface area contributed by atoms with E-state index in [1.54, 1.807) is 6.20 Å². The van der Waals surface area contributed by atoms with Crippen LogP contribution in [-0.2, 0) is 0 Å². The Morgan fingerprint density at radius 1 is 1.24 bits per heavy atom. The predicted octanol–water partition coefficient (Wildman–Crippen LogP) is 1.13. The van der Waals surface area contributed by atoms with Crippen molar-refractivity contribution in [2.24, 2.45) is 0 Å². The number of nitrogens with zero attached hydrogens (tertiary/aromatic N) is 5. The van der Waals surface area contributed by atoms with Crippen molar-refractivity contribution in [2.45, 2.75) is 18.8 Å². The number of aromatic nitrogens is 5. The van der Waals surface area contributed by atoms with Gasteiger partial charge in [-0.15, -0.1) is 10.2 Å². The van der Waals surface area contributed by atoms with Crippen molar-refractivity contribution in [1.29, 1.82) is 0 Å². The lowest BCUT2D eigenvalue weighted by atomic mass is 10.3. The molecule has 0 saturated heterocycles. The largest absolute Gasteiger partial charge is 0.381 e. The zero-order chi connectivity index (χ0) is 11.4. The summed E-state index contributed by atoms with van der Waals surface area (Å²) in [5, 5.41) is 8.34. The highest BCUT2D eigenvalue weighted by Crippen LogP contribution is 2.39. The van der Waals surface area contributed by atoms with E-state index in [4.69, 9.17) is 5.73 Å². The minimum atomic E-state index is 0.407. The average molecular weight is 226 g/mol. The second kappa shape index (κ2) is 2.91. The average Bonchev–Trinajstić information content (AvgIpc) is 3.08. The fraction of sp³-hybridized carbons (Fsp3) is 0.273. The molecule has 0 aliphatic heterocycles. The van der Waals surface area contributed by atoms with Crippen molar-refractivity contribution in [2.75, 3.05) is 5.73 Å². The highest BCUT2D eigenvalue weighted by molar-refractivity contribution is 5.78. The number of hydrogen-bond acceptors (Lipinski definition) is 5. The third-order valence-corrected chi connectivity index (χ3v) is 3.08. The maximum absolute atomic E-state index is 5.89. The standard InChI is InChI=1S/C11H10N6/c12-8-11-16-15-9(6-3-4-6)17(11)10-7(14-8)2-1-5-13-10/h1-2,5-6H,3-4H2,(H2,12,14). The molecule has 3 heterocycles. The number of anilines is 1. The Hall–Kier alpha value is -2.24. The van der Waals surface area contributed by atoms with Gasteiger partial charge in [0.15, 0.2) is 11.5 Å². The minimum absolute atomic E-state index is 0.407. The monoisotopic (exact) mass is 226 g/mol. The quantitative estimate of drug-likeness (QED) is 0.672. The first-order chi connectivity index (χ1) is 8.34. The van der Waals surface area contributed by atoms with Gasteiger partial charge in [0.2, 0.25) is 5.65 Å². The number of fused-ring (bicyclic) bond motifs is 3. The summed E-state index contributed by atoms with van der Waals surface area (Å²) in [5.41, 5.74) is 8.06. The van der Waals surface area contributed by atoms with Crippen LogP contribution in [0, 0.1) is 0 Å². The molecule has 2 N–H and O–H groups in total. The molecule has 0 unspecified atom stereocenters. The fourth-order valence-corrected chi connectivity index (χ4v) is 2.10. The summed E-state index contributed by atoms with van der Waals surface area (Å²) in [6.07, 6.45) is 4.07. The molecule has 0 aromatic carbocycles. The minimum Gasteiger partial charge on any atom is -0.381 e.